The van der Waals surface area contributed by atoms with E-state index in [9.17, 15) is 0 Å². The van der Waals surface area contributed by atoms with E-state index in [2.05, 4.69) is 76.3 Å². The third-order valence-corrected chi connectivity index (χ3v) is 13.4. The average Bonchev–Trinajstić information content (AvgIpc) is 4.16. The summed E-state index contributed by atoms with van der Waals surface area (Å²) in [7, 11) is 3.63. The normalized spacial score (nSPS) is 11.5. The van der Waals surface area contributed by atoms with Crippen LogP contribution in [0.5, 0.6) is 0 Å². The van der Waals surface area contributed by atoms with E-state index in [-0.39, 0.29) is 0 Å². The molecule has 6 aromatic heterocycles. The summed E-state index contributed by atoms with van der Waals surface area (Å²) < 4.78 is 15.6. The molecule has 10 aromatic rings. The number of hydrogen-bond acceptors (Lipinski definition) is 12. The van der Waals surface area contributed by atoms with E-state index in [4.69, 9.17) is 46.0 Å². The Morgan fingerprint density at radius 1 is 0.631 bits per heavy atom. The molecule has 6 heterocycles. The van der Waals surface area contributed by atoms with Crippen LogP contribution < -0.4 is 10.6 Å². The lowest BCUT2D eigenvalue weighted by atomic mass is 9.99. The maximum atomic E-state index is 6.84. The molecular weight excluding hydrogens is 872 g/mol. The highest BCUT2D eigenvalue weighted by Gasteiger charge is 2.25. The number of hydrogen-bond donors (Lipinski definition) is 2. The summed E-state index contributed by atoms with van der Waals surface area (Å²) in [6, 6.07) is 39.1. The van der Waals surface area contributed by atoms with E-state index < -0.39 is 0 Å². The summed E-state index contributed by atoms with van der Waals surface area (Å²) in [5.74, 6) is 3.15. The van der Waals surface area contributed by atoms with E-state index in [0.29, 0.717) is 73.5 Å². The topological polar surface area (TPSA) is 130 Å². The second kappa shape index (κ2) is 19.1. The second-order valence-corrected chi connectivity index (χ2v) is 17.6. The standard InChI is InChI=1S/C50H43ClN10O2S2/c1-60-30-37(55-31-60)44-56-45(40-38(32-14-6-3-7-15-32)42(64-49(40)58-44)34-18-10-5-11-19-34)53-24-28-63-29-26-61-25-22-54-48(61)47-57-46(52-23-27-62-2)41-39(33-16-8-4-9-17-33)43(65-50(41)59-47)35-20-12-13-21-36(35)51/h3-22,25,30-31H,23-24,26-29H2,1-2H3,(H,52,57,59)(H,53,56,58). The number of anilines is 2. The molecule has 0 saturated heterocycles. The molecule has 4 aromatic carbocycles. The number of benzene rings is 4. The van der Waals surface area contributed by atoms with Gasteiger partial charge < -0.3 is 29.2 Å². The van der Waals surface area contributed by atoms with Crippen LogP contribution in [0.3, 0.4) is 0 Å². The van der Waals surface area contributed by atoms with Crippen molar-refractivity contribution in [3.63, 3.8) is 0 Å². The van der Waals surface area contributed by atoms with Gasteiger partial charge in [-0.2, -0.15) is 0 Å². The smallest absolute Gasteiger partial charge is 0.199 e. The van der Waals surface area contributed by atoms with Gasteiger partial charge in [0.05, 0.1) is 36.9 Å². The number of rotatable bonds is 17. The first-order valence-electron chi connectivity index (χ1n) is 21.2. The van der Waals surface area contributed by atoms with Crippen molar-refractivity contribution >= 4 is 66.3 Å². The van der Waals surface area contributed by atoms with Crippen LogP contribution in [0, 0.1) is 0 Å². The molecule has 2 N–H and O–H groups in total. The van der Waals surface area contributed by atoms with E-state index in [1.165, 1.54) is 0 Å². The Labute approximate surface area is 388 Å². The number of aryl methyl sites for hydroxylation is 1. The number of aromatic nitrogens is 8. The van der Waals surface area contributed by atoms with Crippen LogP contribution in [-0.2, 0) is 23.1 Å². The zero-order valence-corrected chi connectivity index (χ0v) is 38.0. The van der Waals surface area contributed by atoms with Crippen LogP contribution in [0.4, 0.5) is 11.6 Å². The molecule has 0 spiro atoms. The van der Waals surface area contributed by atoms with Crippen molar-refractivity contribution in [2.45, 2.75) is 6.54 Å². The third-order valence-electron chi connectivity index (χ3n) is 10.8. The van der Waals surface area contributed by atoms with Gasteiger partial charge in [0.2, 0.25) is 0 Å². The van der Waals surface area contributed by atoms with E-state index in [0.717, 1.165) is 69.4 Å². The maximum Gasteiger partial charge on any atom is 0.199 e. The molecule has 12 nitrogen and oxygen atoms in total. The van der Waals surface area contributed by atoms with Crippen molar-refractivity contribution in [2.24, 2.45) is 7.05 Å². The Hall–Kier alpha value is -6.81. The molecule has 324 valence electrons. The van der Waals surface area contributed by atoms with Crippen LogP contribution in [0.1, 0.15) is 0 Å². The molecular formula is C50H43ClN10O2S2. The van der Waals surface area contributed by atoms with Gasteiger partial charge in [0.1, 0.15) is 27.0 Å². The van der Waals surface area contributed by atoms with Crippen molar-refractivity contribution in [3.05, 3.63) is 145 Å². The lowest BCUT2D eigenvalue weighted by Crippen LogP contribution is -2.15. The van der Waals surface area contributed by atoms with Gasteiger partial charge >= 0.3 is 0 Å². The van der Waals surface area contributed by atoms with Crippen molar-refractivity contribution < 1.29 is 9.47 Å². The predicted molar refractivity (Wildman–Crippen MR) is 265 cm³/mol. The number of imidazole rings is 2. The highest BCUT2D eigenvalue weighted by atomic mass is 35.5. The van der Waals surface area contributed by atoms with Crippen molar-refractivity contribution in [1.29, 1.82) is 0 Å². The molecule has 0 saturated carbocycles. The predicted octanol–water partition coefficient (Wildman–Crippen LogP) is 11.5. The molecule has 15 heteroatoms. The Morgan fingerprint density at radius 3 is 1.86 bits per heavy atom. The van der Waals surface area contributed by atoms with E-state index in [1.54, 1.807) is 42.3 Å². The lowest BCUT2D eigenvalue weighted by molar-refractivity contribution is 0.136. The molecule has 0 radical (unpaired) electrons. The van der Waals surface area contributed by atoms with Crippen LogP contribution in [0.25, 0.3) is 86.7 Å². The molecule has 10 rings (SSSR count). The minimum atomic E-state index is 0.434. The van der Waals surface area contributed by atoms with Crippen molar-refractivity contribution in [3.8, 4) is 66.3 Å². The summed E-state index contributed by atoms with van der Waals surface area (Å²) in [4.78, 5) is 33.6. The van der Waals surface area contributed by atoms with Crippen molar-refractivity contribution in [2.75, 3.05) is 50.7 Å². The fraction of sp³-hybridized carbons (Fsp3) is 0.160. The number of halogens is 1. The number of fused-ring (bicyclic) bond motifs is 2. The number of methoxy groups -OCH3 is 1. The first-order valence-corrected chi connectivity index (χ1v) is 23.2. The summed E-state index contributed by atoms with van der Waals surface area (Å²) in [5, 5.41) is 9.73. The monoisotopic (exact) mass is 914 g/mol. The van der Waals surface area contributed by atoms with Gasteiger partial charge in [0.15, 0.2) is 17.5 Å². The number of ether oxygens (including phenoxy) is 2. The van der Waals surface area contributed by atoms with E-state index in [1.807, 2.05) is 83.2 Å². The Kier molecular flexibility index (Phi) is 12.4. The van der Waals surface area contributed by atoms with Crippen LogP contribution in [0.2, 0.25) is 5.02 Å². The minimum Gasteiger partial charge on any atom is -0.383 e. The summed E-state index contributed by atoms with van der Waals surface area (Å²) >= 11 is 10.1. The number of nitrogens with one attached hydrogen (secondary N) is 2. The van der Waals surface area contributed by atoms with Crippen molar-refractivity contribution in [1.82, 2.24) is 39.0 Å². The highest BCUT2D eigenvalue weighted by Crippen LogP contribution is 2.49. The zero-order chi connectivity index (χ0) is 44.1. The summed E-state index contributed by atoms with van der Waals surface area (Å²) in [6.45, 7) is 2.99. The quantitative estimate of drug-likeness (QED) is 0.0852. The second-order valence-electron chi connectivity index (χ2n) is 15.2. The Bertz CT molecular complexity index is 3220. The summed E-state index contributed by atoms with van der Waals surface area (Å²) in [5.41, 5.74) is 7.04. The first-order chi connectivity index (χ1) is 32.0. The fourth-order valence-corrected chi connectivity index (χ4v) is 10.6. The van der Waals surface area contributed by atoms with Gasteiger partial charge in [-0.15, -0.1) is 22.7 Å². The zero-order valence-electron chi connectivity index (χ0n) is 35.6. The van der Waals surface area contributed by atoms with Gasteiger partial charge in [-0.05, 0) is 22.8 Å². The molecule has 0 aliphatic heterocycles. The number of nitrogens with zero attached hydrogens (tertiary/aromatic N) is 8. The van der Waals surface area contributed by atoms with Gasteiger partial charge in [-0.3, -0.25) is 0 Å². The Morgan fingerprint density at radius 2 is 1.22 bits per heavy atom. The average molecular weight is 916 g/mol. The minimum absolute atomic E-state index is 0.434. The first kappa shape index (κ1) is 42.2. The lowest BCUT2D eigenvalue weighted by Gasteiger charge is -2.13. The largest absolute Gasteiger partial charge is 0.383 e. The van der Waals surface area contributed by atoms with Crippen LogP contribution >= 0.6 is 34.3 Å². The molecule has 0 bridgehead atoms. The van der Waals surface area contributed by atoms with Crippen LogP contribution in [0.15, 0.2) is 140 Å². The molecule has 0 aliphatic rings. The maximum absolute atomic E-state index is 6.84. The highest BCUT2D eigenvalue weighted by molar-refractivity contribution is 7.23. The molecule has 65 heavy (non-hydrogen) atoms. The fourth-order valence-electron chi connectivity index (χ4n) is 7.86. The van der Waals surface area contributed by atoms with Gasteiger partial charge in [-0.1, -0.05) is 121 Å². The molecule has 0 atom stereocenters. The SMILES string of the molecule is COCCNc1nc(-c2nccn2CCOCCNc2nc(-c3cn(C)cn3)nc3sc(-c4ccccc4)c(-c4ccccc4)c23)nc2sc(-c3ccccc3Cl)c(-c3ccccc3)c12. The molecule has 0 unspecified atom stereocenters. The van der Waals surface area contributed by atoms with Gasteiger partial charge in [0, 0.05) is 83.8 Å². The summed E-state index contributed by atoms with van der Waals surface area (Å²) in [6.07, 6.45) is 7.41. The Balaban J connectivity index is 0.915. The van der Waals surface area contributed by atoms with Crippen LogP contribution in [-0.4, -0.2) is 79.1 Å². The number of thiophene rings is 2. The third kappa shape index (κ3) is 8.74. The molecule has 0 amide bonds. The van der Waals surface area contributed by atoms with E-state index >= 15 is 0 Å². The molecule has 0 aliphatic carbocycles. The molecule has 0 fully saturated rings. The van der Waals surface area contributed by atoms with Gasteiger partial charge in [-0.25, -0.2) is 29.9 Å². The van der Waals surface area contributed by atoms with Gasteiger partial charge in [0.25, 0.3) is 0 Å².